The van der Waals surface area contributed by atoms with Crippen LogP contribution in [0, 0.1) is 17.3 Å². The van der Waals surface area contributed by atoms with Gasteiger partial charge in [0.1, 0.15) is 0 Å². The number of rotatable bonds is 5. The zero-order chi connectivity index (χ0) is 15.3. The van der Waals surface area contributed by atoms with E-state index in [4.69, 9.17) is 5.73 Å². The zero-order valence-corrected chi connectivity index (χ0v) is 14.2. The molecule has 0 spiro atoms. The summed E-state index contributed by atoms with van der Waals surface area (Å²) in [5, 5.41) is 9.76. The minimum Gasteiger partial charge on any atom is -0.395 e. The molecule has 3 N–H and O–H groups in total. The van der Waals surface area contributed by atoms with E-state index in [0.717, 1.165) is 25.4 Å². The second kappa shape index (κ2) is 7.77. The van der Waals surface area contributed by atoms with Gasteiger partial charge in [0, 0.05) is 12.1 Å². The molecule has 1 aliphatic rings. The highest BCUT2D eigenvalue weighted by Gasteiger charge is 2.31. The van der Waals surface area contributed by atoms with Crippen molar-refractivity contribution >= 4 is 0 Å². The number of aliphatic hydroxyl groups is 1. The molecule has 3 nitrogen and oxygen atoms in total. The Morgan fingerprint density at radius 2 is 1.85 bits per heavy atom. The molecule has 1 aliphatic heterocycles. The lowest BCUT2D eigenvalue weighted by molar-refractivity contribution is 0.0973. The minimum absolute atomic E-state index is 0.0891. The van der Waals surface area contributed by atoms with Crippen LogP contribution in [-0.2, 0) is 0 Å². The maximum atomic E-state index is 9.76. The molecule has 1 fully saturated rings. The Balaban J connectivity index is 2.61. The number of nitrogens with two attached hydrogens (primary N) is 1. The third kappa shape index (κ3) is 5.34. The van der Waals surface area contributed by atoms with E-state index in [9.17, 15) is 5.11 Å². The smallest absolute Gasteiger partial charge is 0.0601 e. The second-order valence-electron chi connectivity index (χ2n) is 8.07. The van der Waals surface area contributed by atoms with Crippen LogP contribution in [-0.4, -0.2) is 41.8 Å². The predicted octanol–water partition coefficient (Wildman–Crippen LogP) is 2.87. The fraction of sp³-hybridized carbons (Fsp3) is 1.00. The van der Waals surface area contributed by atoms with Gasteiger partial charge in [-0.3, -0.25) is 4.90 Å². The van der Waals surface area contributed by atoms with Crippen LogP contribution >= 0.6 is 0 Å². The number of aliphatic hydroxyl groups excluding tert-OH is 1. The van der Waals surface area contributed by atoms with Crippen molar-refractivity contribution in [3.63, 3.8) is 0 Å². The highest BCUT2D eigenvalue weighted by Crippen LogP contribution is 2.34. The first kappa shape index (κ1) is 17.9. The maximum Gasteiger partial charge on any atom is 0.0601 e. The molecule has 0 aromatic rings. The third-order valence-electron chi connectivity index (χ3n) is 4.88. The molecule has 0 aliphatic carbocycles. The molecule has 0 aromatic carbocycles. The van der Waals surface area contributed by atoms with Crippen molar-refractivity contribution in [2.45, 2.75) is 72.4 Å². The molecule has 120 valence electrons. The van der Waals surface area contributed by atoms with Crippen molar-refractivity contribution in [1.82, 2.24) is 4.90 Å². The number of likely N-dealkylation sites (tertiary alicyclic amines) is 1. The second-order valence-corrected chi connectivity index (χ2v) is 8.07. The Morgan fingerprint density at radius 1 is 1.20 bits per heavy atom. The molecular formula is C17H36N2O. The molecule has 0 saturated carbocycles. The van der Waals surface area contributed by atoms with Gasteiger partial charge in [0.2, 0.25) is 0 Å². The minimum atomic E-state index is 0.0891. The van der Waals surface area contributed by atoms with Gasteiger partial charge in [0.15, 0.2) is 0 Å². The first-order chi connectivity index (χ1) is 9.25. The van der Waals surface area contributed by atoms with Gasteiger partial charge in [-0.15, -0.1) is 0 Å². The van der Waals surface area contributed by atoms with Gasteiger partial charge in [-0.1, -0.05) is 34.6 Å². The van der Waals surface area contributed by atoms with Crippen molar-refractivity contribution in [3.05, 3.63) is 0 Å². The van der Waals surface area contributed by atoms with Crippen LogP contribution in [0.15, 0.2) is 0 Å². The highest BCUT2D eigenvalue weighted by atomic mass is 16.3. The monoisotopic (exact) mass is 284 g/mol. The van der Waals surface area contributed by atoms with Crippen LogP contribution < -0.4 is 5.73 Å². The lowest BCUT2D eigenvalue weighted by Crippen LogP contribution is -2.51. The first-order valence-electron chi connectivity index (χ1n) is 8.36. The molecule has 1 rings (SSSR count). The van der Waals surface area contributed by atoms with E-state index in [1.54, 1.807) is 0 Å². The standard InChI is InChI=1S/C17H36N2O/c1-13(2)11-15(18)16(12-20)19-9-6-7-14(8-10-19)17(3,4)5/h13-16,20H,6-12,18H2,1-5H3. The Labute approximate surface area is 125 Å². The summed E-state index contributed by atoms with van der Waals surface area (Å²) in [5.74, 6) is 1.38. The first-order valence-corrected chi connectivity index (χ1v) is 8.36. The Kier molecular flexibility index (Phi) is 6.96. The molecule has 1 saturated heterocycles. The summed E-state index contributed by atoms with van der Waals surface area (Å²) in [6.07, 6.45) is 4.75. The topological polar surface area (TPSA) is 49.5 Å². The average molecular weight is 284 g/mol. The van der Waals surface area contributed by atoms with Crippen molar-refractivity contribution in [1.29, 1.82) is 0 Å². The van der Waals surface area contributed by atoms with Crippen molar-refractivity contribution in [2.24, 2.45) is 23.0 Å². The third-order valence-corrected chi connectivity index (χ3v) is 4.88. The number of hydrogen-bond acceptors (Lipinski definition) is 3. The van der Waals surface area contributed by atoms with Crippen LogP contribution in [0.5, 0.6) is 0 Å². The zero-order valence-electron chi connectivity index (χ0n) is 14.2. The van der Waals surface area contributed by atoms with Crippen molar-refractivity contribution in [2.75, 3.05) is 19.7 Å². The molecular weight excluding hydrogens is 248 g/mol. The molecule has 20 heavy (non-hydrogen) atoms. The van der Waals surface area contributed by atoms with E-state index in [1.807, 2.05) is 0 Å². The Bertz CT molecular complexity index is 273. The van der Waals surface area contributed by atoms with Gasteiger partial charge in [-0.05, 0) is 56.0 Å². The summed E-state index contributed by atoms with van der Waals surface area (Å²) in [6.45, 7) is 13.8. The normalized spacial score (nSPS) is 25.5. The molecule has 0 bridgehead atoms. The number of hydrogen-bond donors (Lipinski definition) is 2. The fourth-order valence-electron chi connectivity index (χ4n) is 3.54. The van der Waals surface area contributed by atoms with Gasteiger partial charge in [-0.2, -0.15) is 0 Å². The van der Waals surface area contributed by atoms with Gasteiger partial charge in [0.25, 0.3) is 0 Å². The summed E-state index contributed by atoms with van der Waals surface area (Å²) in [7, 11) is 0. The molecule has 0 amide bonds. The van der Waals surface area contributed by atoms with Gasteiger partial charge in [0.05, 0.1) is 6.61 Å². The molecule has 1 heterocycles. The highest BCUT2D eigenvalue weighted by molar-refractivity contribution is 4.86. The van der Waals surface area contributed by atoms with E-state index in [2.05, 4.69) is 39.5 Å². The fourth-order valence-corrected chi connectivity index (χ4v) is 3.54. The number of nitrogens with zero attached hydrogens (tertiary/aromatic N) is 1. The lowest BCUT2D eigenvalue weighted by atomic mass is 9.77. The summed E-state index contributed by atoms with van der Waals surface area (Å²) in [6, 6.07) is 0.224. The lowest BCUT2D eigenvalue weighted by Gasteiger charge is -2.35. The maximum absolute atomic E-state index is 9.76. The van der Waals surface area contributed by atoms with E-state index in [0.29, 0.717) is 11.3 Å². The molecule has 0 aromatic heterocycles. The molecule has 3 atom stereocenters. The van der Waals surface area contributed by atoms with Crippen LogP contribution in [0.1, 0.15) is 60.3 Å². The average Bonchev–Trinajstić information content (AvgIpc) is 2.54. The summed E-state index contributed by atoms with van der Waals surface area (Å²) in [4.78, 5) is 2.44. The van der Waals surface area contributed by atoms with E-state index >= 15 is 0 Å². The molecule has 3 heteroatoms. The SMILES string of the molecule is CC(C)CC(N)C(CO)N1CCCC(C(C)(C)C)CC1. The van der Waals surface area contributed by atoms with Gasteiger partial charge in [-0.25, -0.2) is 0 Å². The van der Waals surface area contributed by atoms with Crippen LogP contribution in [0.25, 0.3) is 0 Å². The van der Waals surface area contributed by atoms with E-state index in [1.165, 1.54) is 19.3 Å². The Hall–Kier alpha value is -0.120. The van der Waals surface area contributed by atoms with Crippen LogP contribution in [0.2, 0.25) is 0 Å². The van der Waals surface area contributed by atoms with Crippen molar-refractivity contribution in [3.8, 4) is 0 Å². The molecule has 3 unspecified atom stereocenters. The van der Waals surface area contributed by atoms with Crippen LogP contribution in [0.4, 0.5) is 0 Å². The predicted molar refractivity (Wildman–Crippen MR) is 86.7 cm³/mol. The summed E-state index contributed by atoms with van der Waals surface area (Å²) < 4.78 is 0. The van der Waals surface area contributed by atoms with Crippen LogP contribution in [0.3, 0.4) is 0 Å². The van der Waals surface area contributed by atoms with Gasteiger partial charge >= 0.3 is 0 Å². The van der Waals surface area contributed by atoms with E-state index in [-0.39, 0.29) is 18.7 Å². The van der Waals surface area contributed by atoms with E-state index < -0.39 is 0 Å². The summed E-state index contributed by atoms with van der Waals surface area (Å²) in [5.41, 5.74) is 6.72. The molecule has 0 radical (unpaired) electrons. The summed E-state index contributed by atoms with van der Waals surface area (Å²) >= 11 is 0. The van der Waals surface area contributed by atoms with Gasteiger partial charge < -0.3 is 10.8 Å². The van der Waals surface area contributed by atoms with Crippen molar-refractivity contribution < 1.29 is 5.11 Å². The quantitative estimate of drug-likeness (QED) is 0.816. The Morgan fingerprint density at radius 3 is 2.35 bits per heavy atom. The largest absolute Gasteiger partial charge is 0.395 e.